The van der Waals surface area contributed by atoms with Crippen molar-refractivity contribution in [1.82, 2.24) is 29.7 Å². The van der Waals surface area contributed by atoms with Gasteiger partial charge in [-0.3, -0.25) is 9.59 Å². The zero-order valence-electron chi connectivity index (χ0n) is 21.2. The monoisotopic (exact) mass is 514 g/mol. The summed E-state index contributed by atoms with van der Waals surface area (Å²) in [6, 6.07) is 8.53. The summed E-state index contributed by atoms with van der Waals surface area (Å²) in [4.78, 5) is 43.7. The summed E-state index contributed by atoms with van der Waals surface area (Å²) < 4.78 is 6.78. The molecule has 2 atom stereocenters. The molecule has 0 saturated carbocycles. The van der Waals surface area contributed by atoms with Gasteiger partial charge >= 0.3 is 6.09 Å². The molecule has 12 nitrogen and oxygen atoms in total. The number of carbonyl (C=O) groups is 3. The van der Waals surface area contributed by atoms with Crippen LogP contribution in [0, 0.1) is 11.8 Å². The molecule has 200 valence electrons. The molecule has 2 aromatic rings. The van der Waals surface area contributed by atoms with Gasteiger partial charge in [0.25, 0.3) is 5.91 Å². The average Bonchev–Trinajstić information content (AvgIpc) is 3.35. The Morgan fingerprint density at radius 1 is 1.11 bits per heavy atom. The van der Waals surface area contributed by atoms with Crippen LogP contribution in [0.2, 0.25) is 0 Å². The van der Waals surface area contributed by atoms with Crippen LogP contribution < -0.4 is 0 Å². The third-order valence-corrected chi connectivity index (χ3v) is 6.75. The maximum absolute atomic E-state index is 13.9. The molecular weight excluding hydrogens is 480 g/mol. The van der Waals surface area contributed by atoms with E-state index in [-0.39, 0.29) is 36.3 Å². The van der Waals surface area contributed by atoms with Gasteiger partial charge in [-0.1, -0.05) is 37.3 Å². The normalized spacial score (nSPS) is 20.2. The van der Waals surface area contributed by atoms with Crippen molar-refractivity contribution in [3.63, 3.8) is 0 Å². The largest absolute Gasteiger partial charge is 0.465 e. The Labute approximate surface area is 215 Å². The number of aromatic nitrogens is 3. The lowest BCUT2D eigenvalue weighted by molar-refractivity contribution is -0.142. The number of benzene rings is 1. The number of para-hydroxylation sites is 1. The summed E-state index contributed by atoms with van der Waals surface area (Å²) in [5, 5.41) is 28.2. The molecule has 12 heteroatoms. The Balaban J connectivity index is 1.64. The van der Waals surface area contributed by atoms with Gasteiger partial charge in [0, 0.05) is 32.7 Å². The highest BCUT2D eigenvalue weighted by Gasteiger charge is 2.41. The molecule has 1 aromatic carbocycles. The number of aliphatic hydroxyl groups is 1. The fraction of sp³-hybridized carbons (Fsp3) is 0.560. The van der Waals surface area contributed by atoms with E-state index < -0.39 is 30.6 Å². The Kier molecular flexibility index (Phi) is 8.39. The molecule has 2 saturated heterocycles. The number of aliphatic hydroxyl groups excluding tert-OH is 1. The van der Waals surface area contributed by atoms with Gasteiger partial charge in [0.05, 0.1) is 37.5 Å². The van der Waals surface area contributed by atoms with Crippen molar-refractivity contribution in [3.05, 3.63) is 41.7 Å². The van der Waals surface area contributed by atoms with Crippen molar-refractivity contribution >= 4 is 17.9 Å². The van der Waals surface area contributed by atoms with Crippen molar-refractivity contribution < 1.29 is 29.3 Å². The molecule has 0 spiro atoms. The number of nitrogens with zero attached hydrogens (tertiary/aromatic N) is 6. The minimum absolute atomic E-state index is 0.00973. The number of amides is 3. The van der Waals surface area contributed by atoms with Gasteiger partial charge in [-0.2, -0.15) is 0 Å². The summed E-state index contributed by atoms with van der Waals surface area (Å²) in [7, 11) is 0. The smallest absolute Gasteiger partial charge is 0.407 e. The van der Waals surface area contributed by atoms with Crippen molar-refractivity contribution in [1.29, 1.82) is 0 Å². The Morgan fingerprint density at radius 3 is 2.43 bits per heavy atom. The third-order valence-electron chi connectivity index (χ3n) is 6.75. The fourth-order valence-electron chi connectivity index (χ4n) is 4.99. The average molecular weight is 515 g/mol. The van der Waals surface area contributed by atoms with Gasteiger partial charge in [-0.25, -0.2) is 9.48 Å². The first-order valence-corrected chi connectivity index (χ1v) is 12.6. The van der Waals surface area contributed by atoms with E-state index in [1.54, 1.807) is 21.9 Å². The predicted octanol–water partition coefficient (Wildman–Crippen LogP) is 1.09. The second-order valence-corrected chi connectivity index (χ2v) is 9.85. The molecule has 37 heavy (non-hydrogen) atoms. The minimum Gasteiger partial charge on any atom is -0.465 e. The van der Waals surface area contributed by atoms with Crippen molar-refractivity contribution in [2.75, 3.05) is 45.9 Å². The van der Waals surface area contributed by atoms with Crippen LogP contribution in [0.5, 0.6) is 0 Å². The summed E-state index contributed by atoms with van der Waals surface area (Å²) in [6.07, 6.45) is -0.799. The van der Waals surface area contributed by atoms with E-state index in [1.165, 1.54) is 9.58 Å². The summed E-state index contributed by atoms with van der Waals surface area (Å²) in [5.41, 5.74) is 0.909. The number of hydrogen-bond acceptors (Lipinski definition) is 7. The first-order valence-electron chi connectivity index (χ1n) is 12.6. The predicted molar refractivity (Wildman–Crippen MR) is 132 cm³/mol. The molecule has 2 N–H and O–H groups in total. The van der Waals surface area contributed by atoms with Crippen molar-refractivity contribution in [3.8, 4) is 5.69 Å². The Morgan fingerprint density at radius 2 is 1.81 bits per heavy atom. The standard InChI is InChI=1S/C25H34N6O6/c1-17(2)13-30(24(34)22-21(16-32)31(27-26-22)19-6-4-3-5-7-19)20-12-18(14-29(15-20)25(35)36)23(33)28-8-10-37-11-9-28/h3-7,17-18,20,32H,8-16H2,1-2H3,(H,35,36)/t18-,20+/m1/s1. The quantitative estimate of drug-likeness (QED) is 0.559. The zero-order valence-corrected chi connectivity index (χ0v) is 21.2. The maximum Gasteiger partial charge on any atom is 0.407 e. The van der Waals surface area contributed by atoms with Gasteiger partial charge in [-0.15, -0.1) is 5.10 Å². The van der Waals surface area contributed by atoms with Gasteiger partial charge in [0.1, 0.15) is 5.69 Å². The minimum atomic E-state index is -1.13. The zero-order chi connectivity index (χ0) is 26.5. The highest BCUT2D eigenvalue weighted by Crippen LogP contribution is 2.26. The molecule has 2 fully saturated rings. The number of morpholine rings is 1. The SMILES string of the molecule is CC(C)CN(C(=O)c1nnn(-c2ccccc2)c1CO)[C@H]1C[C@@H](C(=O)N2CCOCC2)CN(C(=O)O)C1. The van der Waals surface area contributed by atoms with Crippen LogP contribution in [-0.4, -0.2) is 110 Å². The van der Waals surface area contributed by atoms with E-state index in [9.17, 15) is 24.6 Å². The molecule has 2 aliphatic rings. The van der Waals surface area contributed by atoms with Crippen LogP contribution >= 0.6 is 0 Å². The van der Waals surface area contributed by atoms with Gasteiger partial charge in [-0.05, 0) is 24.5 Å². The molecule has 0 unspecified atom stereocenters. The van der Waals surface area contributed by atoms with Gasteiger partial charge in [0.2, 0.25) is 5.91 Å². The lowest BCUT2D eigenvalue weighted by Gasteiger charge is -2.43. The molecule has 0 radical (unpaired) electrons. The fourth-order valence-corrected chi connectivity index (χ4v) is 4.99. The first-order chi connectivity index (χ1) is 17.8. The number of likely N-dealkylation sites (tertiary alicyclic amines) is 1. The van der Waals surface area contributed by atoms with E-state index in [0.29, 0.717) is 45.0 Å². The lowest BCUT2D eigenvalue weighted by atomic mass is 9.91. The van der Waals surface area contributed by atoms with Crippen molar-refractivity contribution in [2.45, 2.75) is 32.9 Å². The lowest BCUT2D eigenvalue weighted by Crippen LogP contribution is -2.58. The second-order valence-electron chi connectivity index (χ2n) is 9.85. The van der Waals surface area contributed by atoms with Crippen LogP contribution in [0.3, 0.4) is 0 Å². The van der Waals surface area contributed by atoms with Crippen LogP contribution in [-0.2, 0) is 16.1 Å². The highest BCUT2D eigenvalue weighted by atomic mass is 16.5. The molecule has 1 aromatic heterocycles. The number of ether oxygens (including phenoxy) is 1. The topological polar surface area (TPSA) is 141 Å². The molecule has 3 amide bonds. The van der Waals surface area contributed by atoms with E-state index >= 15 is 0 Å². The molecule has 0 bridgehead atoms. The maximum atomic E-state index is 13.9. The van der Waals surface area contributed by atoms with E-state index in [4.69, 9.17) is 4.74 Å². The number of rotatable bonds is 7. The summed E-state index contributed by atoms with van der Waals surface area (Å²) in [5.74, 6) is -1.08. The van der Waals surface area contributed by atoms with E-state index in [1.807, 2.05) is 32.0 Å². The van der Waals surface area contributed by atoms with Gasteiger partial charge in [0.15, 0.2) is 5.69 Å². The molecule has 0 aliphatic carbocycles. The van der Waals surface area contributed by atoms with Crippen LogP contribution in [0.4, 0.5) is 4.79 Å². The van der Waals surface area contributed by atoms with E-state index in [2.05, 4.69) is 10.3 Å². The molecule has 4 rings (SSSR count). The second kappa shape index (κ2) is 11.7. The summed E-state index contributed by atoms with van der Waals surface area (Å²) in [6.45, 7) is 5.78. The first kappa shape index (κ1) is 26.6. The third kappa shape index (κ3) is 5.91. The van der Waals surface area contributed by atoms with Crippen LogP contribution in [0.25, 0.3) is 5.69 Å². The van der Waals surface area contributed by atoms with Crippen LogP contribution in [0.1, 0.15) is 36.5 Å². The van der Waals surface area contributed by atoms with Gasteiger partial charge < -0.3 is 29.6 Å². The Bertz CT molecular complexity index is 1100. The molecular formula is C25H34N6O6. The molecule has 3 heterocycles. The number of piperidine rings is 1. The van der Waals surface area contributed by atoms with E-state index in [0.717, 1.165) is 0 Å². The highest BCUT2D eigenvalue weighted by molar-refractivity contribution is 5.94. The van der Waals surface area contributed by atoms with Crippen molar-refractivity contribution in [2.24, 2.45) is 11.8 Å². The Hall–Kier alpha value is -3.51. The number of carboxylic acid groups (broad SMARTS) is 1. The number of carbonyl (C=O) groups excluding carboxylic acids is 2. The number of hydrogen-bond donors (Lipinski definition) is 2. The molecule has 2 aliphatic heterocycles. The van der Waals surface area contributed by atoms with Crippen LogP contribution in [0.15, 0.2) is 30.3 Å². The summed E-state index contributed by atoms with van der Waals surface area (Å²) >= 11 is 0.